The molecule has 3 aromatic rings. The summed E-state index contributed by atoms with van der Waals surface area (Å²) in [6.07, 6.45) is 0. The third-order valence-electron chi connectivity index (χ3n) is 4.35. The largest absolute Gasteiger partial charge is 0.332 e. The molecule has 0 spiro atoms. The van der Waals surface area contributed by atoms with Gasteiger partial charge in [-0.1, -0.05) is 35.9 Å². The summed E-state index contributed by atoms with van der Waals surface area (Å²) < 4.78 is 0. The molecule has 0 heterocycles. The van der Waals surface area contributed by atoms with Crippen molar-refractivity contribution in [1.29, 1.82) is 0 Å². The Morgan fingerprint density at radius 3 is 2.21 bits per heavy atom. The Morgan fingerprint density at radius 1 is 0.862 bits per heavy atom. The molecule has 0 saturated carbocycles. The van der Waals surface area contributed by atoms with E-state index >= 15 is 0 Å². The molecule has 5 nitrogen and oxygen atoms in total. The number of hydrogen-bond acceptors (Lipinski definition) is 3. The zero-order valence-corrected chi connectivity index (χ0v) is 17.0. The fourth-order valence-corrected chi connectivity index (χ4v) is 2.99. The summed E-state index contributed by atoms with van der Waals surface area (Å²) in [5.41, 5.74) is 3.59. The highest BCUT2D eigenvalue weighted by Gasteiger charge is 2.13. The molecule has 0 fully saturated rings. The van der Waals surface area contributed by atoms with Gasteiger partial charge in [0.25, 0.3) is 11.8 Å². The number of carbonyl (C=O) groups excluding carboxylic acids is 2. The van der Waals surface area contributed by atoms with Crippen molar-refractivity contribution in [3.8, 4) is 0 Å². The van der Waals surface area contributed by atoms with E-state index in [-0.39, 0.29) is 16.9 Å². The molecule has 0 bridgehead atoms. The van der Waals surface area contributed by atoms with Gasteiger partial charge in [0, 0.05) is 29.5 Å². The van der Waals surface area contributed by atoms with Crippen LogP contribution in [-0.2, 0) is 0 Å². The minimum atomic E-state index is -0.275. The van der Waals surface area contributed by atoms with Crippen LogP contribution in [0.3, 0.4) is 0 Å². The van der Waals surface area contributed by atoms with Crippen LogP contribution < -0.4 is 15.5 Å². The monoisotopic (exact) mass is 403 g/mol. The van der Waals surface area contributed by atoms with Crippen LogP contribution in [0, 0.1) is 6.92 Å². The Morgan fingerprint density at radius 2 is 1.55 bits per heavy atom. The van der Waals surface area contributed by atoms with Crippen molar-refractivity contribution in [2.75, 3.05) is 17.3 Å². The van der Waals surface area contributed by atoms with E-state index in [1.54, 1.807) is 48.3 Å². The van der Waals surface area contributed by atoms with Gasteiger partial charge in [-0.25, -0.2) is 0 Å². The predicted octanol–water partition coefficient (Wildman–Crippen LogP) is 4.40. The summed E-state index contributed by atoms with van der Waals surface area (Å²) in [6, 6.07) is 23.6. The van der Waals surface area contributed by atoms with Crippen molar-refractivity contribution in [2.45, 2.75) is 6.92 Å². The standard InChI is InChI=1S/C23H21N3O2S/c1-16-7-6-8-18(15-16)21(27)25-23(29)24-19-13-11-17(12-14-19)22(28)26(2)20-9-4-3-5-10-20/h3-15H,1-2H3,(H2,24,25,27,29). The van der Waals surface area contributed by atoms with Crippen molar-refractivity contribution in [3.63, 3.8) is 0 Å². The number of benzene rings is 3. The van der Waals surface area contributed by atoms with Crippen LogP contribution in [0.1, 0.15) is 26.3 Å². The number of nitrogens with one attached hydrogen (secondary N) is 2. The SMILES string of the molecule is Cc1cccc(C(=O)NC(=S)Nc2ccc(C(=O)N(C)c3ccccc3)cc2)c1. The first-order valence-corrected chi connectivity index (χ1v) is 9.47. The lowest BCUT2D eigenvalue weighted by Gasteiger charge is -2.17. The van der Waals surface area contributed by atoms with Crippen LogP contribution in [-0.4, -0.2) is 24.0 Å². The molecule has 2 amide bonds. The van der Waals surface area contributed by atoms with Gasteiger partial charge < -0.3 is 10.2 Å². The first-order valence-electron chi connectivity index (χ1n) is 9.06. The summed E-state index contributed by atoms with van der Waals surface area (Å²) >= 11 is 5.22. The quantitative estimate of drug-likeness (QED) is 0.634. The minimum absolute atomic E-state index is 0.113. The van der Waals surface area contributed by atoms with Crippen molar-refractivity contribution in [3.05, 3.63) is 95.6 Å². The van der Waals surface area contributed by atoms with Gasteiger partial charge in [-0.2, -0.15) is 0 Å². The summed E-state index contributed by atoms with van der Waals surface area (Å²) in [6.45, 7) is 1.92. The normalized spacial score (nSPS) is 10.1. The number of nitrogens with zero attached hydrogens (tertiary/aromatic N) is 1. The molecule has 29 heavy (non-hydrogen) atoms. The van der Waals surface area contributed by atoms with Crippen molar-refractivity contribution < 1.29 is 9.59 Å². The van der Waals surface area contributed by atoms with E-state index in [0.29, 0.717) is 16.8 Å². The Bertz CT molecular complexity index is 1030. The number of para-hydroxylation sites is 1. The lowest BCUT2D eigenvalue weighted by Crippen LogP contribution is -2.34. The number of amides is 2. The first-order chi connectivity index (χ1) is 13.9. The topological polar surface area (TPSA) is 61.4 Å². The molecule has 0 aliphatic carbocycles. The minimum Gasteiger partial charge on any atom is -0.332 e. The molecular formula is C23H21N3O2S. The van der Waals surface area contributed by atoms with Gasteiger partial charge in [-0.3, -0.25) is 14.9 Å². The molecule has 3 rings (SSSR count). The van der Waals surface area contributed by atoms with E-state index < -0.39 is 0 Å². The third-order valence-corrected chi connectivity index (χ3v) is 4.55. The summed E-state index contributed by atoms with van der Waals surface area (Å²) in [7, 11) is 1.74. The lowest BCUT2D eigenvalue weighted by atomic mass is 10.1. The molecule has 0 saturated heterocycles. The second-order valence-electron chi connectivity index (χ2n) is 6.55. The van der Waals surface area contributed by atoms with E-state index in [0.717, 1.165) is 11.3 Å². The van der Waals surface area contributed by atoms with Crippen molar-refractivity contribution in [2.24, 2.45) is 0 Å². The molecule has 6 heteroatoms. The Labute approximate surface area is 175 Å². The molecule has 3 aromatic carbocycles. The van der Waals surface area contributed by atoms with Crippen molar-refractivity contribution in [1.82, 2.24) is 5.32 Å². The molecule has 0 radical (unpaired) electrons. The molecule has 146 valence electrons. The van der Waals surface area contributed by atoms with Gasteiger partial charge in [0.1, 0.15) is 0 Å². The van der Waals surface area contributed by atoms with E-state index in [1.807, 2.05) is 49.4 Å². The Kier molecular flexibility index (Phi) is 6.36. The van der Waals surface area contributed by atoms with Gasteiger partial charge in [0.05, 0.1) is 0 Å². The summed E-state index contributed by atoms with van der Waals surface area (Å²) in [5.74, 6) is -0.388. The molecular weight excluding hydrogens is 382 g/mol. The van der Waals surface area contributed by atoms with E-state index in [4.69, 9.17) is 12.2 Å². The zero-order chi connectivity index (χ0) is 20.8. The van der Waals surface area contributed by atoms with Gasteiger partial charge in [0.15, 0.2) is 5.11 Å². The highest BCUT2D eigenvalue weighted by Crippen LogP contribution is 2.16. The zero-order valence-electron chi connectivity index (χ0n) is 16.2. The van der Waals surface area contributed by atoms with Crippen LogP contribution >= 0.6 is 12.2 Å². The average Bonchev–Trinajstić information content (AvgIpc) is 2.73. The maximum absolute atomic E-state index is 12.6. The molecule has 2 N–H and O–H groups in total. The van der Waals surface area contributed by atoms with Crippen LogP contribution in [0.25, 0.3) is 0 Å². The smallest absolute Gasteiger partial charge is 0.258 e. The van der Waals surface area contributed by atoms with E-state index in [2.05, 4.69) is 10.6 Å². The molecule has 0 atom stereocenters. The number of carbonyl (C=O) groups is 2. The van der Waals surface area contributed by atoms with Crippen LogP contribution in [0.2, 0.25) is 0 Å². The highest BCUT2D eigenvalue weighted by atomic mass is 32.1. The van der Waals surface area contributed by atoms with Crippen molar-refractivity contribution >= 4 is 40.5 Å². The predicted molar refractivity (Wildman–Crippen MR) is 120 cm³/mol. The number of hydrogen-bond donors (Lipinski definition) is 2. The van der Waals surface area contributed by atoms with Gasteiger partial charge in [-0.05, 0) is 67.7 Å². The molecule has 0 aliphatic rings. The number of anilines is 2. The first kappa shape index (κ1) is 20.2. The Hall–Kier alpha value is -3.51. The summed E-state index contributed by atoms with van der Waals surface area (Å²) in [5, 5.41) is 5.81. The van der Waals surface area contributed by atoms with Gasteiger partial charge >= 0.3 is 0 Å². The maximum Gasteiger partial charge on any atom is 0.258 e. The number of rotatable bonds is 4. The number of thiocarbonyl (C=S) groups is 1. The second kappa shape index (κ2) is 9.12. The maximum atomic E-state index is 12.6. The fourth-order valence-electron chi connectivity index (χ4n) is 2.78. The van der Waals surface area contributed by atoms with Crippen LogP contribution in [0.4, 0.5) is 11.4 Å². The van der Waals surface area contributed by atoms with Gasteiger partial charge in [-0.15, -0.1) is 0 Å². The molecule has 0 aromatic heterocycles. The highest BCUT2D eigenvalue weighted by molar-refractivity contribution is 7.80. The number of aryl methyl sites for hydroxylation is 1. The molecule has 0 aliphatic heterocycles. The third kappa shape index (κ3) is 5.27. The average molecular weight is 404 g/mol. The molecule has 0 unspecified atom stereocenters. The second-order valence-corrected chi connectivity index (χ2v) is 6.96. The summed E-state index contributed by atoms with van der Waals surface area (Å²) in [4.78, 5) is 26.5. The van der Waals surface area contributed by atoms with Crippen LogP contribution in [0.15, 0.2) is 78.9 Å². The fraction of sp³-hybridized carbons (Fsp3) is 0.0870. The Balaban J connectivity index is 1.60. The lowest BCUT2D eigenvalue weighted by molar-refractivity contribution is 0.0974. The van der Waals surface area contributed by atoms with E-state index in [9.17, 15) is 9.59 Å². The van der Waals surface area contributed by atoms with E-state index in [1.165, 1.54) is 0 Å². The van der Waals surface area contributed by atoms with Gasteiger partial charge in [0.2, 0.25) is 0 Å². The van der Waals surface area contributed by atoms with Crippen LogP contribution in [0.5, 0.6) is 0 Å².